The van der Waals surface area contributed by atoms with Gasteiger partial charge in [0.2, 0.25) is 5.91 Å². The van der Waals surface area contributed by atoms with Crippen molar-refractivity contribution in [2.24, 2.45) is 0 Å². The van der Waals surface area contributed by atoms with Crippen LogP contribution in [0.15, 0.2) is 73.1 Å². The van der Waals surface area contributed by atoms with Crippen molar-refractivity contribution in [2.45, 2.75) is 37.8 Å². The first kappa shape index (κ1) is 24.1. The smallest absolute Gasteiger partial charge is 0.246 e. The number of fused-ring (bicyclic) bond motifs is 1. The van der Waals surface area contributed by atoms with Gasteiger partial charge < -0.3 is 20.7 Å². The molecule has 2 aromatic heterocycles. The number of nitrogens with one attached hydrogen (secondary N) is 1. The first-order valence-corrected chi connectivity index (χ1v) is 13.2. The van der Waals surface area contributed by atoms with Crippen LogP contribution < -0.4 is 15.8 Å². The quantitative estimate of drug-likeness (QED) is 0.340. The number of carbonyl (C=O) groups is 1. The summed E-state index contributed by atoms with van der Waals surface area (Å²) in [5, 5.41) is 9.10. The van der Waals surface area contributed by atoms with Crippen LogP contribution >= 0.6 is 0 Å². The molecule has 4 aromatic rings. The Morgan fingerprint density at radius 3 is 2.63 bits per heavy atom. The third kappa shape index (κ3) is 5.24. The molecule has 2 aromatic carbocycles. The van der Waals surface area contributed by atoms with Gasteiger partial charge in [-0.15, -0.1) is 0 Å². The lowest BCUT2D eigenvalue weighted by molar-refractivity contribution is -0.127. The Morgan fingerprint density at radius 1 is 1.05 bits per heavy atom. The Labute approximate surface area is 221 Å². The Balaban J connectivity index is 1.24. The number of anilines is 1. The molecule has 194 valence electrons. The maximum absolute atomic E-state index is 12.9. The molecule has 6 rings (SSSR count). The zero-order valence-corrected chi connectivity index (χ0v) is 21.2. The van der Waals surface area contributed by atoms with Crippen LogP contribution in [-0.2, 0) is 4.79 Å². The SMILES string of the molecule is Nc1ncnc2c1c(-c1ccc(Oc3ccccc3)cc1)nn2C1CCCN(C(=O)C=CCNC2CC2)C1. The highest BCUT2D eigenvalue weighted by Gasteiger charge is 2.28. The van der Waals surface area contributed by atoms with Crippen LogP contribution in [0.1, 0.15) is 31.7 Å². The first-order chi connectivity index (χ1) is 18.7. The van der Waals surface area contributed by atoms with E-state index in [0.717, 1.165) is 54.1 Å². The van der Waals surface area contributed by atoms with E-state index >= 15 is 0 Å². The molecule has 2 aliphatic rings. The third-order valence-electron chi connectivity index (χ3n) is 7.04. The Morgan fingerprint density at radius 2 is 1.84 bits per heavy atom. The summed E-state index contributed by atoms with van der Waals surface area (Å²) in [4.78, 5) is 23.5. The van der Waals surface area contributed by atoms with Gasteiger partial charge >= 0.3 is 0 Å². The number of piperidine rings is 1. The average molecular weight is 510 g/mol. The molecule has 3 N–H and O–H groups in total. The number of aromatic nitrogens is 4. The van der Waals surface area contributed by atoms with Crippen LogP contribution in [0.25, 0.3) is 22.3 Å². The summed E-state index contributed by atoms with van der Waals surface area (Å²) in [5.41, 5.74) is 8.63. The van der Waals surface area contributed by atoms with E-state index in [4.69, 9.17) is 15.6 Å². The standard InChI is InChI=1S/C29H31N7O2/c30-28-26-27(20-10-14-24(15-11-20)38-23-7-2-1-3-8-23)34-36(29(26)33-19-32-28)22-6-5-17-35(18-22)25(37)9-4-16-31-21-12-13-21/h1-4,7-11,14-15,19,21-22,31H,5-6,12-13,16-18H2,(H2,30,32,33). The topological polar surface area (TPSA) is 111 Å². The van der Waals surface area contributed by atoms with Crippen molar-refractivity contribution in [3.8, 4) is 22.8 Å². The summed E-state index contributed by atoms with van der Waals surface area (Å²) in [6.07, 6.45) is 9.34. The molecular weight excluding hydrogens is 478 g/mol. The fraction of sp³-hybridized carbons (Fsp3) is 0.310. The maximum Gasteiger partial charge on any atom is 0.246 e. The molecule has 1 aliphatic heterocycles. The predicted molar refractivity (Wildman–Crippen MR) is 147 cm³/mol. The van der Waals surface area contributed by atoms with Crippen molar-refractivity contribution < 1.29 is 9.53 Å². The highest BCUT2D eigenvalue weighted by Crippen LogP contribution is 2.35. The molecule has 1 saturated carbocycles. The maximum atomic E-state index is 12.9. The number of rotatable bonds is 8. The fourth-order valence-electron chi connectivity index (χ4n) is 4.90. The molecule has 38 heavy (non-hydrogen) atoms. The number of para-hydroxylation sites is 1. The Kier molecular flexibility index (Phi) is 6.75. The van der Waals surface area contributed by atoms with E-state index in [2.05, 4.69) is 15.3 Å². The van der Waals surface area contributed by atoms with Crippen molar-refractivity contribution in [3.05, 3.63) is 73.1 Å². The molecule has 1 saturated heterocycles. The highest BCUT2D eigenvalue weighted by atomic mass is 16.5. The molecule has 9 heteroatoms. The number of nitrogens with zero attached hydrogens (tertiary/aromatic N) is 5. The van der Waals surface area contributed by atoms with Crippen LogP contribution in [0, 0.1) is 0 Å². The molecule has 1 aliphatic carbocycles. The molecule has 0 spiro atoms. The van der Waals surface area contributed by atoms with Crippen LogP contribution in [0.2, 0.25) is 0 Å². The number of carbonyl (C=O) groups excluding carboxylic acids is 1. The number of hydrogen-bond donors (Lipinski definition) is 2. The summed E-state index contributed by atoms with van der Waals surface area (Å²) < 4.78 is 7.87. The molecule has 1 amide bonds. The average Bonchev–Trinajstić information content (AvgIpc) is 3.70. The van der Waals surface area contributed by atoms with E-state index in [1.54, 1.807) is 6.08 Å². The van der Waals surface area contributed by atoms with E-state index in [1.807, 2.05) is 70.3 Å². The number of amides is 1. The van der Waals surface area contributed by atoms with Gasteiger partial charge in [0.1, 0.15) is 29.3 Å². The van der Waals surface area contributed by atoms with E-state index in [9.17, 15) is 4.79 Å². The highest BCUT2D eigenvalue weighted by molar-refractivity contribution is 5.98. The first-order valence-electron chi connectivity index (χ1n) is 13.2. The van der Waals surface area contributed by atoms with Gasteiger partial charge in [0.05, 0.1) is 11.4 Å². The van der Waals surface area contributed by atoms with Gasteiger partial charge in [0.15, 0.2) is 5.65 Å². The molecule has 9 nitrogen and oxygen atoms in total. The lowest BCUT2D eigenvalue weighted by Gasteiger charge is -2.32. The van der Waals surface area contributed by atoms with Gasteiger partial charge in [0, 0.05) is 37.3 Å². The fourth-order valence-corrected chi connectivity index (χ4v) is 4.90. The van der Waals surface area contributed by atoms with E-state index < -0.39 is 0 Å². The second kappa shape index (κ2) is 10.6. The molecule has 1 atom stereocenters. The lowest BCUT2D eigenvalue weighted by Crippen LogP contribution is -2.40. The second-order valence-electron chi connectivity index (χ2n) is 9.86. The van der Waals surface area contributed by atoms with E-state index in [-0.39, 0.29) is 11.9 Å². The number of nitrogens with two attached hydrogens (primary N) is 1. The Bertz CT molecular complexity index is 1450. The van der Waals surface area contributed by atoms with Gasteiger partial charge in [-0.25, -0.2) is 14.6 Å². The third-order valence-corrected chi connectivity index (χ3v) is 7.04. The molecule has 0 bridgehead atoms. The van der Waals surface area contributed by atoms with Gasteiger partial charge in [-0.1, -0.05) is 24.3 Å². The molecule has 1 unspecified atom stereocenters. The number of nitrogen functional groups attached to an aromatic ring is 1. The zero-order chi connectivity index (χ0) is 25.9. The van der Waals surface area contributed by atoms with Crippen LogP contribution in [-0.4, -0.2) is 56.2 Å². The summed E-state index contributed by atoms with van der Waals surface area (Å²) in [6.45, 7) is 2.04. The summed E-state index contributed by atoms with van der Waals surface area (Å²) in [6, 6.07) is 18.0. The zero-order valence-electron chi connectivity index (χ0n) is 21.2. The second-order valence-corrected chi connectivity index (χ2v) is 9.86. The minimum Gasteiger partial charge on any atom is -0.457 e. The summed E-state index contributed by atoms with van der Waals surface area (Å²) in [7, 11) is 0. The molecular formula is C29H31N7O2. The summed E-state index contributed by atoms with van der Waals surface area (Å²) >= 11 is 0. The normalized spacial score (nSPS) is 17.8. The Hall–Kier alpha value is -4.24. The minimum atomic E-state index is -0.00285. The summed E-state index contributed by atoms with van der Waals surface area (Å²) in [5.74, 6) is 1.93. The van der Waals surface area contributed by atoms with Crippen molar-refractivity contribution in [3.63, 3.8) is 0 Å². The van der Waals surface area contributed by atoms with Crippen LogP contribution in [0.3, 0.4) is 0 Å². The lowest BCUT2D eigenvalue weighted by atomic mass is 10.1. The van der Waals surface area contributed by atoms with E-state index in [1.165, 1.54) is 19.2 Å². The van der Waals surface area contributed by atoms with Gasteiger partial charge in [-0.2, -0.15) is 5.10 Å². The largest absolute Gasteiger partial charge is 0.457 e. The number of likely N-dealkylation sites (tertiary alicyclic amines) is 1. The van der Waals surface area contributed by atoms with Crippen molar-refractivity contribution in [2.75, 3.05) is 25.4 Å². The van der Waals surface area contributed by atoms with Gasteiger partial charge in [-0.3, -0.25) is 4.79 Å². The van der Waals surface area contributed by atoms with Gasteiger partial charge in [-0.05, 0) is 62.1 Å². The van der Waals surface area contributed by atoms with Crippen molar-refractivity contribution >= 4 is 22.8 Å². The van der Waals surface area contributed by atoms with E-state index in [0.29, 0.717) is 24.1 Å². The molecule has 2 fully saturated rings. The monoisotopic (exact) mass is 509 g/mol. The van der Waals surface area contributed by atoms with Crippen LogP contribution in [0.5, 0.6) is 11.5 Å². The number of benzene rings is 2. The predicted octanol–water partition coefficient (Wildman–Crippen LogP) is 4.34. The van der Waals surface area contributed by atoms with Gasteiger partial charge in [0.25, 0.3) is 0 Å². The molecule has 3 heterocycles. The van der Waals surface area contributed by atoms with Crippen LogP contribution in [0.4, 0.5) is 5.82 Å². The van der Waals surface area contributed by atoms with Crippen molar-refractivity contribution in [1.82, 2.24) is 30.0 Å². The number of hydrogen-bond acceptors (Lipinski definition) is 7. The minimum absolute atomic E-state index is 0.00285. The van der Waals surface area contributed by atoms with Crippen molar-refractivity contribution in [1.29, 1.82) is 0 Å². The molecule has 0 radical (unpaired) electrons. The number of ether oxygens (including phenoxy) is 1.